The molecule has 1 saturated carbocycles. The van der Waals surface area contributed by atoms with Gasteiger partial charge in [-0.3, -0.25) is 10.1 Å². The number of rotatable bonds is 4. The van der Waals surface area contributed by atoms with Gasteiger partial charge in [0.25, 0.3) is 5.69 Å². The molecule has 1 aliphatic carbocycles. The molecule has 0 radical (unpaired) electrons. The van der Waals surface area contributed by atoms with E-state index in [0.717, 1.165) is 24.2 Å². The van der Waals surface area contributed by atoms with Crippen LogP contribution in [-0.2, 0) is 0 Å². The van der Waals surface area contributed by atoms with E-state index < -0.39 is 4.92 Å². The molecule has 1 fully saturated rings. The average Bonchev–Trinajstić information content (AvgIpc) is 3.34. The topological polar surface area (TPSA) is 84.7 Å². The number of hydrogen-bond acceptors (Lipinski definition) is 4. The third kappa shape index (κ3) is 2.48. The number of nitrogens with one attached hydrogen (secondary N) is 1. The lowest BCUT2D eigenvalue weighted by Gasteiger charge is -2.03. The van der Waals surface area contributed by atoms with Crippen LogP contribution in [0.2, 0.25) is 0 Å². The fourth-order valence-electron chi connectivity index (χ4n) is 2.65. The van der Waals surface area contributed by atoms with Gasteiger partial charge < -0.3 is 4.98 Å². The number of H-pyrrole nitrogens is 1. The van der Waals surface area contributed by atoms with Crippen molar-refractivity contribution in [1.82, 2.24) is 15.0 Å². The number of aromatic amines is 1. The Morgan fingerprint density at radius 2 is 1.87 bits per heavy atom. The van der Waals surface area contributed by atoms with Gasteiger partial charge in [0.15, 0.2) is 5.69 Å². The third-order valence-electron chi connectivity index (χ3n) is 3.95. The number of nitrogens with zero attached hydrogens (tertiary/aromatic N) is 3. The maximum atomic E-state index is 11.3. The van der Waals surface area contributed by atoms with E-state index in [4.69, 9.17) is 4.98 Å². The zero-order valence-corrected chi connectivity index (χ0v) is 12.3. The van der Waals surface area contributed by atoms with Crippen molar-refractivity contribution >= 4 is 5.69 Å². The summed E-state index contributed by atoms with van der Waals surface area (Å²) < 4.78 is 0. The minimum Gasteiger partial charge on any atom is -0.340 e. The van der Waals surface area contributed by atoms with Gasteiger partial charge in [-0.1, -0.05) is 30.3 Å². The third-order valence-corrected chi connectivity index (χ3v) is 3.95. The number of imidazole rings is 1. The molecule has 2 aromatic heterocycles. The van der Waals surface area contributed by atoms with E-state index in [2.05, 4.69) is 9.97 Å². The van der Waals surface area contributed by atoms with Crippen molar-refractivity contribution in [2.75, 3.05) is 0 Å². The Bertz CT molecular complexity index is 869. The Kier molecular flexibility index (Phi) is 3.15. The summed E-state index contributed by atoms with van der Waals surface area (Å²) in [5.74, 6) is 1.31. The monoisotopic (exact) mass is 306 g/mol. The Hall–Kier alpha value is -3.02. The molecule has 6 nitrogen and oxygen atoms in total. The summed E-state index contributed by atoms with van der Waals surface area (Å²) >= 11 is 0. The van der Waals surface area contributed by atoms with Crippen molar-refractivity contribution in [3.63, 3.8) is 0 Å². The fourth-order valence-corrected chi connectivity index (χ4v) is 2.65. The van der Waals surface area contributed by atoms with Crippen molar-refractivity contribution in [3.05, 3.63) is 64.6 Å². The molecule has 6 heteroatoms. The second kappa shape index (κ2) is 5.31. The highest BCUT2D eigenvalue weighted by Gasteiger charge is 2.30. The molecular formula is C17H14N4O2. The first-order chi connectivity index (χ1) is 11.2. The van der Waals surface area contributed by atoms with Crippen molar-refractivity contribution in [3.8, 4) is 22.6 Å². The van der Waals surface area contributed by atoms with Crippen LogP contribution in [0.4, 0.5) is 5.69 Å². The molecule has 0 spiro atoms. The molecule has 23 heavy (non-hydrogen) atoms. The fraction of sp³-hybridized carbons (Fsp3) is 0.176. The lowest BCUT2D eigenvalue weighted by atomic mass is 10.1. The van der Waals surface area contributed by atoms with Crippen LogP contribution in [0.25, 0.3) is 22.6 Å². The van der Waals surface area contributed by atoms with E-state index in [1.54, 1.807) is 12.3 Å². The van der Waals surface area contributed by atoms with Crippen LogP contribution in [0.1, 0.15) is 24.6 Å². The minimum absolute atomic E-state index is 0.0179. The molecule has 0 bridgehead atoms. The van der Waals surface area contributed by atoms with E-state index in [1.807, 2.05) is 30.3 Å². The summed E-state index contributed by atoms with van der Waals surface area (Å²) in [6, 6.07) is 12.7. The lowest BCUT2D eigenvalue weighted by Crippen LogP contribution is -1.95. The van der Waals surface area contributed by atoms with Crippen LogP contribution in [0.15, 0.2) is 48.7 Å². The van der Waals surface area contributed by atoms with Crippen molar-refractivity contribution in [2.24, 2.45) is 0 Å². The van der Waals surface area contributed by atoms with E-state index in [9.17, 15) is 10.1 Å². The molecule has 2 heterocycles. The van der Waals surface area contributed by atoms with E-state index in [-0.39, 0.29) is 5.69 Å². The second-order valence-corrected chi connectivity index (χ2v) is 5.61. The number of hydrogen-bond donors (Lipinski definition) is 1. The van der Waals surface area contributed by atoms with Crippen molar-refractivity contribution in [2.45, 2.75) is 18.8 Å². The van der Waals surface area contributed by atoms with Gasteiger partial charge in [-0.2, -0.15) is 0 Å². The van der Waals surface area contributed by atoms with Crippen LogP contribution >= 0.6 is 0 Å². The number of benzene rings is 1. The van der Waals surface area contributed by atoms with Gasteiger partial charge in [0.05, 0.1) is 16.3 Å². The Morgan fingerprint density at radius 1 is 1.09 bits per heavy atom. The maximum absolute atomic E-state index is 11.3. The van der Waals surface area contributed by atoms with Crippen LogP contribution in [0.5, 0.6) is 0 Å². The maximum Gasteiger partial charge on any atom is 0.297 e. The summed E-state index contributed by atoms with van der Waals surface area (Å²) in [4.78, 5) is 23.1. The largest absolute Gasteiger partial charge is 0.340 e. The smallest absolute Gasteiger partial charge is 0.297 e. The summed E-state index contributed by atoms with van der Waals surface area (Å²) in [6.45, 7) is 0. The van der Waals surface area contributed by atoms with Gasteiger partial charge >= 0.3 is 0 Å². The van der Waals surface area contributed by atoms with Gasteiger partial charge in [0.1, 0.15) is 5.82 Å². The number of nitro groups is 1. The zero-order valence-electron chi connectivity index (χ0n) is 12.3. The Balaban J connectivity index is 1.93. The highest BCUT2D eigenvalue weighted by Crippen LogP contribution is 2.42. The van der Waals surface area contributed by atoms with E-state index in [1.165, 1.54) is 6.07 Å². The molecule has 3 aromatic rings. The molecule has 1 aliphatic rings. The standard InChI is InChI=1S/C17H14N4O2/c22-21(23)13-7-4-10-18-15(13)16-14(11-5-2-1-3-6-11)19-17(20-16)12-8-9-12/h1-7,10,12H,8-9H2,(H,19,20). The highest BCUT2D eigenvalue weighted by atomic mass is 16.6. The predicted octanol–water partition coefficient (Wildman–Crippen LogP) is 3.92. The van der Waals surface area contributed by atoms with Crippen LogP contribution in [0.3, 0.4) is 0 Å². The summed E-state index contributed by atoms with van der Waals surface area (Å²) in [5.41, 5.74) is 2.57. The van der Waals surface area contributed by atoms with Crippen molar-refractivity contribution in [1.29, 1.82) is 0 Å². The number of pyridine rings is 1. The van der Waals surface area contributed by atoms with Crippen LogP contribution in [0, 0.1) is 10.1 Å². The van der Waals surface area contributed by atoms with Crippen LogP contribution < -0.4 is 0 Å². The molecule has 0 amide bonds. The van der Waals surface area contributed by atoms with Gasteiger partial charge in [-0.05, 0) is 18.9 Å². The normalized spacial score (nSPS) is 13.9. The minimum atomic E-state index is -0.408. The molecule has 0 aliphatic heterocycles. The molecule has 0 atom stereocenters. The van der Waals surface area contributed by atoms with E-state index in [0.29, 0.717) is 23.0 Å². The average molecular weight is 306 g/mol. The quantitative estimate of drug-likeness (QED) is 0.584. The summed E-state index contributed by atoms with van der Waals surface area (Å²) in [7, 11) is 0. The molecule has 0 saturated heterocycles. The molecule has 114 valence electrons. The SMILES string of the molecule is O=[N+]([O-])c1cccnc1-c1[nH]c(C2CC2)nc1-c1ccccc1. The predicted molar refractivity (Wildman–Crippen MR) is 85.9 cm³/mol. The summed E-state index contributed by atoms with van der Waals surface area (Å²) in [6.07, 6.45) is 3.77. The van der Waals surface area contributed by atoms with Gasteiger partial charge in [0, 0.05) is 23.7 Å². The van der Waals surface area contributed by atoms with Gasteiger partial charge in [-0.15, -0.1) is 0 Å². The second-order valence-electron chi connectivity index (χ2n) is 5.61. The first kappa shape index (κ1) is 13.6. The van der Waals surface area contributed by atoms with Crippen molar-refractivity contribution < 1.29 is 4.92 Å². The molecular weight excluding hydrogens is 292 g/mol. The van der Waals surface area contributed by atoms with Gasteiger partial charge in [-0.25, -0.2) is 9.97 Å². The summed E-state index contributed by atoms with van der Waals surface area (Å²) in [5, 5.41) is 11.3. The highest BCUT2D eigenvalue weighted by molar-refractivity contribution is 5.80. The van der Waals surface area contributed by atoms with E-state index >= 15 is 0 Å². The van der Waals surface area contributed by atoms with Crippen LogP contribution in [-0.4, -0.2) is 19.9 Å². The Morgan fingerprint density at radius 3 is 2.57 bits per heavy atom. The molecule has 0 unspecified atom stereocenters. The number of aromatic nitrogens is 3. The first-order valence-corrected chi connectivity index (χ1v) is 7.49. The lowest BCUT2D eigenvalue weighted by molar-refractivity contribution is -0.384. The first-order valence-electron chi connectivity index (χ1n) is 7.49. The molecule has 1 N–H and O–H groups in total. The van der Waals surface area contributed by atoms with Gasteiger partial charge in [0.2, 0.25) is 0 Å². The zero-order chi connectivity index (χ0) is 15.8. The molecule has 4 rings (SSSR count). The molecule has 1 aromatic carbocycles. The Labute approximate surface area is 132 Å².